The lowest BCUT2D eigenvalue weighted by Crippen LogP contribution is -2.49. The Kier molecular flexibility index (Phi) is 5.65. The maximum absolute atomic E-state index is 11.5. The number of nitrogens with one attached hydrogen (secondary N) is 2. The van der Waals surface area contributed by atoms with Crippen LogP contribution in [-0.2, 0) is 4.79 Å². The number of benzene rings is 1. The molecule has 0 atom stereocenters. The summed E-state index contributed by atoms with van der Waals surface area (Å²) in [5, 5.41) is 5.52. The molecule has 1 rings (SSSR count). The van der Waals surface area contributed by atoms with Crippen LogP contribution in [0, 0.1) is 0 Å². The molecule has 0 aliphatic carbocycles. The second-order valence-corrected chi connectivity index (χ2v) is 5.96. The van der Waals surface area contributed by atoms with Crippen molar-refractivity contribution in [2.75, 3.05) is 6.61 Å². The van der Waals surface area contributed by atoms with Gasteiger partial charge in [-0.2, -0.15) is 0 Å². The predicted octanol–water partition coefficient (Wildman–Crippen LogP) is 3.00. The van der Waals surface area contributed by atoms with Gasteiger partial charge in [0.2, 0.25) is 0 Å². The van der Waals surface area contributed by atoms with Crippen LogP contribution in [0.2, 0.25) is 10.0 Å². The Morgan fingerprint density at radius 1 is 1.25 bits per heavy atom. The monoisotopic (exact) mass is 318 g/mol. The summed E-state index contributed by atoms with van der Waals surface area (Å²) in [5.41, 5.74) is -0.426. The first-order valence-electron chi connectivity index (χ1n) is 5.87. The molecule has 0 heterocycles. The molecule has 7 heteroatoms. The number of urea groups is 1. The summed E-state index contributed by atoms with van der Waals surface area (Å²) in [6, 6.07) is 4.07. The zero-order chi connectivity index (χ0) is 15.3. The Morgan fingerprint density at radius 2 is 1.90 bits per heavy atom. The molecule has 2 N–H and O–H groups in total. The van der Waals surface area contributed by atoms with Crippen LogP contribution >= 0.6 is 23.2 Å². The van der Waals surface area contributed by atoms with E-state index in [0.717, 1.165) is 0 Å². The van der Waals surface area contributed by atoms with Crippen LogP contribution in [-0.4, -0.2) is 24.1 Å². The minimum atomic E-state index is -0.576. The lowest BCUT2D eigenvalue weighted by molar-refractivity contribution is -0.122. The topological polar surface area (TPSA) is 67.4 Å². The van der Waals surface area contributed by atoms with Crippen LogP contribution < -0.4 is 15.4 Å². The zero-order valence-electron chi connectivity index (χ0n) is 11.4. The maximum atomic E-state index is 11.5. The number of hydrogen-bond acceptors (Lipinski definition) is 3. The molecular formula is C13H16Cl2N2O3. The van der Waals surface area contributed by atoms with Crippen molar-refractivity contribution in [3.05, 3.63) is 28.2 Å². The van der Waals surface area contributed by atoms with Crippen LogP contribution in [0.25, 0.3) is 0 Å². The van der Waals surface area contributed by atoms with Crippen LogP contribution in [0.5, 0.6) is 5.75 Å². The van der Waals surface area contributed by atoms with Gasteiger partial charge in [0.05, 0.1) is 5.02 Å². The number of hydrogen-bond donors (Lipinski definition) is 2. The summed E-state index contributed by atoms with van der Waals surface area (Å²) >= 11 is 11.6. The van der Waals surface area contributed by atoms with Crippen molar-refractivity contribution in [2.45, 2.75) is 26.3 Å². The number of carbonyl (C=O) groups excluding carboxylic acids is 2. The molecule has 3 amide bonds. The van der Waals surface area contributed by atoms with E-state index in [1.807, 2.05) is 0 Å². The minimum Gasteiger partial charge on any atom is -0.482 e. The van der Waals surface area contributed by atoms with Gasteiger partial charge in [-0.15, -0.1) is 0 Å². The van der Waals surface area contributed by atoms with Crippen molar-refractivity contribution in [1.29, 1.82) is 0 Å². The van der Waals surface area contributed by atoms with Crippen molar-refractivity contribution in [3.8, 4) is 5.75 Å². The Labute approximate surface area is 127 Å². The van der Waals surface area contributed by atoms with E-state index in [0.29, 0.717) is 15.8 Å². The second-order valence-electron chi connectivity index (χ2n) is 5.12. The summed E-state index contributed by atoms with van der Waals surface area (Å²) in [6.45, 7) is 5.10. The van der Waals surface area contributed by atoms with Crippen molar-refractivity contribution >= 4 is 35.1 Å². The van der Waals surface area contributed by atoms with Gasteiger partial charge in [0.1, 0.15) is 5.75 Å². The molecule has 0 saturated carbocycles. The zero-order valence-corrected chi connectivity index (χ0v) is 12.9. The molecule has 1 aromatic carbocycles. The Morgan fingerprint density at radius 3 is 2.45 bits per heavy atom. The highest BCUT2D eigenvalue weighted by Gasteiger charge is 2.16. The van der Waals surface area contributed by atoms with E-state index in [1.54, 1.807) is 32.9 Å². The summed E-state index contributed by atoms with van der Waals surface area (Å²) in [5.74, 6) is -0.250. The lowest BCUT2D eigenvalue weighted by Gasteiger charge is -2.20. The van der Waals surface area contributed by atoms with E-state index in [9.17, 15) is 9.59 Å². The smallest absolute Gasteiger partial charge is 0.321 e. The summed E-state index contributed by atoms with van der Waals surface area (Å²) in [6.07, 6.45) is 0. The molecule has 5 nitrogen and oxygen atoms in total. The normalized spacial score (nSPS) is 10.8. The molecule has 0 unspecified atom stereocenters. The first kappa shape index (κ1) is 16.6. The van der Waals surface area contributed by atoms with Gasteiger partial charge in [-0.05, 0) is 39.0 Å². The third-order valence-corrected chi connectivity index (χ3v) is 2.52. The lowest BCUT2D eigenvalue weighted by atomic mass is 10.1. The first-order chi connectivity index (χ1) is 9.17. The van der Waals surface area contributed by atoms with Gasteiger partial charge in [-0.3, -0.25) is 10.1 Å². The number of rotatable bonds is 3. The number of imide groups is 1. The molecule has 20 heavy (non-hydrogen) atoms. The average Bonchev–Trinajstić information content (AvgIpc) is 2.24. The van der Waals surface area contributed by atoms with Gasteiger partial charge in [-0.25, -0.2) is 4.79 Å². The molecule has 0 aromatic heterocycles. The summed E-state index contributed by atoms with van der Waals surface area (Å²) in [7, 11) is 0. The molecule has 1 aromatic rings. The Hall–Kier alpha value is -1.46. The molecule has 110 valence electrons. The third kappa shape index (κ3) is 6.12. The van der Waals surface area contributed by atoms with Gasteiger partial charge in [0.25, 0.3) is 5.91 Å². The van der Waals surface area contributed by atoms with Crippen LogP contribution in [0.1, 0.15) is 20.8 Å². The quantitative estimate of drug-likeness (QED) is 0.900. The molecule has 0 saturated heterocycles. The molecule has 0 fully saturated rings. The Bertz CT molecular complexity index is 513. The van der Waals surface area contributed by atoms with Gasteiger partial charge in [0.15, 0.2) is 6.61 Å². The van der Waals surface area contributed by atoms with E-state index < -0.39 is 17.5 Å². The van der Waals surface area contributed by atoms with E-state index in [1.165, 1.54) is 6.07 Å². The van der Waals surface area contributed by atoms with Gasteiger partial charge in [-0.1, -0.05) is 23.2 Å². The summed E-state index contributed by atoms with van der Waals surface area (Å²) < 4.78 is 5.20. The standard InChI is InChI=1S/C13H16Cl2N2O3/c1-13(2,3)17-12(19)16-11(18)7-20-10-5-4-8(14)6-9(10)15/h4-6H,7H2,1-3H3,(H2,16,17,18,19). The molecule has 0 bridgehead atoms. The molecule has 0 radical (unpaired) electrons. The predicted molar refractivity (Wildman–Crippen MR) is 78.4 cm³/mol. The fourth-order valence-corrected chi connectivity index (χ4v) is 1.73. The van der Waals surface area contributed by atoms with Crippen molar-refractivity contribution in [1.82, 2.24) is 10.6 Å². The number of halogens is 2. The highest BCUT2D eigenvalue weighted by Crippen LogP contribution is 2.27. The minimum absolute atomic E-state index is 0.296. The van der Waals surface area contributed by atoms with E-state index in [4.69, 9.17) is 27.9 Å². The Balaban J connectivity index is 2.46. The van der Waals surface area contributed by atoms with E-state index in [2.05, 4.69) is 10.6 Å². The van der Waals surface area contributed by atoms with Crippen molar-refractivity contribution in [3.63, 3.8) is 0 Å². The van der Waals surface area contributed by atoms with E-state index >= 15 is 0 Å². The SMILES string of the molecule is CC(C)(C)NC(=O)NC(=O)COc1ccc(Cl)cc1Cl. The fraction of sp³-hybridized carbons (Fsp3) is 0.385. The van der Waals surface area contributed by atoms with Gasteiger partial charge < -0.3 is 10.1 Å². The number of carbonyl (C=O) groups is 2. The number of ether oxygens (including phenoxy) is 1. The fourth-order valence-electron chi connectivity index (χ4n) is 1.27. The molecule has 0 aliphatic rings. The van der Waals surface area contributed by atoms with Crippen LogP contribution in [0.3, 0.4) is 0 Å². The molecule has 0 aliphatic heterocycles. The second kappa shape index (κ2) is 6.81. The highest BCUT2D eigenvalue weighted by molar-refractivity contribution is 6.35. The van der Waals surface area contributed by atoms with Crippen LogP contribution in [0.4, 0.5) is 4.79 Å². The third-order valence-electron chi connectivity index (χ3n) is 1.99. The van der Waals surface area contributed by atoms with Crippen molar-refractivity contribution in [2.24, 2.45) is 0 Å². The first-order valence-corrected chi connectivity index (χ1v) is 6.63. The molecule has 0 spiro atoms. The van der Waals surface area contributed by atoms with E-state index in [-0.39, 0.29) is 6.61 Å². The van der Waals surface area contributed by atoms with Crippen molar-refractivity contribution < 1.29 is 14.3 Å². The largest absolute Gasteiger partial charge is 0.482 e. The highest BCUT2D eigenvalue weighted by atomic mass is 35.5. The maximum Gasteiger partial charge on any atom is 0.321 e. The van der Waals surface area contributed by atoms with Gasteiger partial charge >= 0.3 is 6.03 Å². The average molecular weight is 319 g/mol. The van der Waals surface area contributed by atoms with Crippen LogP contribution in [0.15, 0.2) is 18.2 Å². The summed E-state index contributed by atoms with van der Waals surface area (Å²) in [4.78, 5) is 23.0. The molecular weight excluding hydrogens is 303 g/mol. The van der Waals surface area contributed by atoms with Gasteiger partial charge in [0, 0.05) is 10.6 Å². The number of amides is 3.